The molecule has 1 heterocycles. The summed E-state index contributed by atoms with van der Waals surface area (Å²) in [5, 5.41) is 0. The van der Waals surface area contributed by atoms with Crippen molar-refractivity contribution in [2.24, 2.45) is 0 Å². The first-order chi connectivity index (χ1) is 11.0. The van der Waals surface area contributed by atoms with Crippen molar-refractivity contribution in [3.05, 3.63) is 52.8 Å². The van der Waals surface area contributed by atoms with Gasteiger partial charge in [-0.3, -0.25) is 9.21 Å². The molecule has 0 saturated carbocycles. The maximum absolute atomic E-state index is 12.7. The molecular formula is C16H21IN2O3S. The third-order valence-electron chi connectivity index (χ3n) is 3.47. The van der Waals surface area contributed by atoms with E-state index in [1.54, 1.807) is 36.5 Å². The van der Waals surface area contributed by atoms with Crippen molar-refractivity contribution in [1.29, 1.82) is 0 Å². The molecule has 0 amide bonds. The fraction of sp³-hybridized carbons (Fsp3) is 0.375. The van der Waals surface area contributed by atoms with Crippen LogP contribution in [0.2, 0.25) is 0 Å². The van der Waals surface area contributed by atoms with E-state index in [4.69, 9.17) is 4.74 Å². The Labute approximate surface area is 151 Å². The van der Waals surface area contributed by atoms with Crippen LogP contribution in [0.25, 0.3) is 0 Å². The average Bonchev–Trinajstić information content (AvgIpc) is 2.55. The summed E-state index contributed by atoms with van der Waals surface area (Å²) in [6.07, 6.45) is 5.09. The van der Waals surface area contributed by atoms with Gasteiger partial charge in [-0.15, -0.1) is 6.58 Å². The summed E-state index contributed by atoms with van der Waals surface area (Å²) in [5.74, 6) is 0. The maximum Gasteiger partial charge on any atom is 0.264 e. The number of hydrogen-bond donors (Lipinski definition) is 0. The molecule has 1 aliphatic heterocycles. The Balaban J connectivity index is 2.09. The van der Waals surface area contributed by atoms with Crippen molar-refractivity contribution in [2.45, 2.75) is 4.90 Å². The van der Waals surface area contributed by atoms with Crippen LogP contribution in [0.4, 0.5) is 0 Å². The van der Waals surface area contributed by atoms with E-state index in [2.05, 4.69) is 34.1 Å². The molecule has 5 nitrogen and oxygen atoms in total. The number of nitrogens with zero attached hydrogens (tertiary/aromatic N) is 2. The van der Waals surface area contributed by atoms with Gasteiger partial charge in [0.05, 0.1) is 24.7 Å². The third kappa shape index (κ3) is 5.30. The van der Waals surface area contributed by atoms with Gasteiger partial charge >= 0.3 is 0 Å². The highest BCUT2D eigenvalue weighted by Crippen LogP contribution is 2.17. The van der Waals surface area contributed by atoms with Gasteiger partial charge in [0.2, 0.25) is 0 Å². The number of ether oxygens (including phenoxy) is 1. The van der Waals surface area contributed by atoms with Crippen LogP contribution in [0.1, 0.15) is 0 Å². The van der Waals surface area contributed by atoms with Crippen LogP contribution in [0.15, 0.2) is 54.1 Å². The van der Waals surface area contributed by atoms with Crippen molar-refractivity contribution in [2.75, 3.05) is 39.4 Å². The molecule has 7 heteroatoms. The Morgan fingerprint density at radius 2 is 1.91 bits per heavy atom. The molecule has 0 atom stereocenters. The number of rotatable bonds is 7. The SMILES string of the molecule is C=CCN(/C=C/CN1CCOCC1)S(=O)(=O)c1ccc(I)cc1. The van der Waals surface area contributed by atoms with E-state index in [1.165, 1.54) is 4.31 Å². The number of benzene rings is 1. The van der Waals surface area contributed by atoms with Crippen LogP contribution >= 0.6 is 22.6 Å². The molecule has 1 saturated heterocycles. The fourth-order valence-corrected chi connectivity index (χ4v) is 3.86. The molecule has 126 valence electrons. The van der Waals surface area contributed by atoms with E-state index in [1.807, 2.05) is 6.08 Å². The topological polar surface area (TPSA) is 49.9 Å². The summed E-state index contributed by atoms with van der Waals surface area (Å²) >= 11 is 2.15. The lowest BCUT2D eigenvalue weighted by Crippen LogP contribution is -2.36. The lowest BCUT2D eigenvalue weighted by molar-refractivity contribution is 0.0433. The Morgan fingerprint density at radius 1 is 1.26 bits per heavy atom. The Morgan fingerprint density at radius 3 is 2.52 bits per heavy atom. The van der Waals surface area contributed by atoms with E-state index in [9.17, 15) is 8.42 Å². The predicted octanol–water partition coefficient (Wildman–Crippen LogP) is 2.31. The molecule has 0 aromatic heterocycles. The minimum absolute atomic E-state index is 0.244. The maximum atomic E-state index is 12.7. The van der Waals surface area contributed by atoms with E-state index in [0.29, 0.717) is 6.54 Å². The second-order valence-corrected chi connectivity index (χ2v) is 8.25. The molecule has 1 aromatic carbocycles. The van der Waals surface area contributed by atoms with Crippen LogP contribution in [0.3, 0.4) is 0 Å². The summed E-state index contributed by atoms with van der Waals surface area (Å²) in [7, 11) is -3.55. The van der Waals surface area contributed by atoms with Gasteiger partial charge in [-0.05, 0) is 46.9 Å². The monoisotopic (exact) mass is 448 g/mol. The number of morpholine rings is 1. The fourth-order valence-electron chi connectivity index (χ4n) is 2.21. The molecule has 0 bridgehead atoms. The highest BCUT2D eigenvalue weighted by Gasteiger charge is 2.20. The van der Waals surface area contributed by atoms with E-state index >= 15 is 0 Å². The number of sulfonamides is 1. The van der Waals surface area contributed by atoms with Crippen LogP contribution in [-0.2, 0) is 14.8 Å². The standard InChI is InChI=1S/C16H21IN2O3S/c1-2-8-19(10-3-9-18-11-13-22-14-12-18)23(20,21)16-6-4-15(17)5-7-16/h2-7,10H,1,8-9,11-14H2/b10-3+. The van der Waals surface area contributed by atoms with Crippen LogP contribution in [0.5, 0.6) is 0 Å². The molecule has 0 N–H and O–H groups in total. The van der Waals surface area contributed by atoms with E-state index in [-0.39, 0.29) is 11.4 Å². The first kappa shape index (κ1) is 18.4. The molecule has 23 heavy (non-hydrogen) atoms. The predicted molar refractivity (Wildman–Crippen MR) is 99.6 cm³/mol. The van der Waals surface area contributed by atoms with Crippen LogP contribution in [0, 0.1) is 3.57 Å². The third-order valence-corrected chi connectivity index (χ3v) is 5.94. The largest absolute Gasteiger partial charge is 0.379 e. The van der Waals surface area contributed by atoms with E-state index < -0.39 is 10.0 Å². The minimum atomic E-state index is -3.55. The molecule has 0 spiro atoms. The molecule has 1 fully saturated rings. The van der Waals surface area contributed by atoms with Crippen LogP contribution < -0.4 is 0 Å². The summed E-state index contributed by atoms with van der Waals surface area (Å²) in [6.45, 7) is 7.80. The second-order valence-electron chi connectivity index (χ2n) is 5.12. The van der Waals surface area contributed by atoms with Gasteiger partial charge in [-0.2, -0.15) is 0 Å². The quantitative estimate of drug-likeness (QED) is 0.475. The van der Waals surface area contributed by atoms with Gasteiger partial charge in [-0.25, -0.2) is 8.42 Å². The van der Waals surface area contributed by atoms with Gasteiger partial charge < -0.3 is 4.74 Å². The number of halogens is 1. The minimum Gasteiger partial charge on any atom is -0.379 e. The van der Waals surface area contributed by atoms with Crippen molar-refractivity contribution in [3.8, 4) is 0 Å². The van der Waals surface area contributed by atoms with Crippen molar-refractivity contribution in [1.82, 2.24) is 9.21 Å². The smallest absolute Gasteiger partial charge is 0.264 e. The van der Waals surface area contributed by atoms with Gasteiger partial charge in [-0.1, -0.05) is 12.2 Å². The van der Waals surface area contributed by atoms with Crippen molar-refractivity contribution < 1.29 is 13.2 Å². The summed E-state index contributed by atoms with van der Waals surface area (Å²) < 4.78 is 33.0. The Kier molecular flexibility index (Phi) is 7.07. The van der Waals surface area contributed by atoms with Crippen molar-refractivity contribution >= 4 is 32.6 Å². The molecule has 1 aliphatic rings. The zero-order valence-electron chi connectivity index (χ0n) is 12.9. The lowest BCUT2D eigenvalue weighted by atomic mass is 10.4. The molecule has 0 aliphatic carbocycles. The van der Waals surface area contributed by atoms with Crippen LogP contribution in [-0.4, -0.2) is 57.0 Å². The summed E-state index contributed by atoms with van der Waals surface area (Å²) in [6, 6.07) is 6.83. The second kappa shape index (κ2) is 8.81. The van der Waals surface area contributed by atoms with Crippen molar-refractivity contribution in [3.63, 3.8) is 0 Å². The number of hydrogen-bond acceptors (Lipinski definition) is 4. The van der Waals surface area contributed by atoms with E-state index in [0.717, 1.165) is 29.9 Å². The molecule has 1 aromatic rings. The summed E-state index contributed by atoms with van der Waals surface area (Å²) in [4.78, 5) is 2.51. The normalized spacial score (nSPS) is 16.6. The molecular weight excluding hydrogens is 427 g/mol. The van der Waals surface area contributed by atoms with Gasteiger partial charge in [0.15, 0.2) is 0 Å². The Hall–Kier alpha value is -0.900. The average molecular weight is 448 g/mol. The zero-order chi connectivity index (χ0) is 16.7. The Bertz CT molecular complexity index is 638. The highest BCUT2D eigenvalue weighted by atomic mass is 127. The lowest BCUT2D eigenvalue weighted by Gasteiger charge is -2.25. The van der Waals surface area contributed by atoms with Gasteiger partial charge in [0.25, 0.3) is 10.0 Å². The molecule has 0 unspecified atom stereocenters. The highest BCUT2D eigenvalue weighted by molar-refractivity contribution is 14.1. The first-order valence-corrected chi connectivity index (χ1v) is 9.91. The first-order valence-electron chi connectivity index (χ1n) is 7.39. The zero-order valence-corrected chi connectivity index (χ0v) is 15.9. The molecule has 0 radical (unpaired) electrons. The molecule has 2 rings (SSSR count). The van der Waals surface area contributed by atoms with Gasteiger partial charge in [0, 0.05) is 29.4 Å². The van der Waals surface area contributed by atoms with Gasteiger partial charge in [0.1, 0.15) is 0 Å². The summed E-state index contributed by atoms with van der Waals surface area (Å²) in [5.41, 5.74) is 0.